The monoisotopic (exact) mass is 1080 g/mol. The third kappa shape index (κ3) is 62.7. The normalized spacial score (nSPS) is 12.9. The van der Waals surface area contributed by atoms with Crippen molar-refractivity contribution in [3.63, 3.8) is 0 Å². The predicted molar refractivity (Wildman–Crippen MR) is 339 cm³/mol. The van der Waals surface area contributed by atoms with Crippen LogP contribution in [0.5, 0.6) is 0 Å². The number of hydrogen-bond donors (Lipinski definition) is 0. The lowest BCUT2D eigenvalue weighted by Gasteiger charge is -2.18. The zero-order valence-corrected chi connectivity index (χ0v) is 50.9. The molecule has 6 heteroatoms. The summed E-state index contributed by atoms with van der Waals surface area (Å²) < 4.78 is 16.9. The summed E-state index contributed by atoms with van der Waals surface area (Å²) in [6, 6.07) is 0. The molecule has 0 aromatic carbocycles. The minimum absolute atomic E-state index is 0.0935. The second kappa shape index (κ2) is 65.3. The van der Waals surface area contributed by atoms with Crippen LogP contribution < -0.4 is 0 Å². The third-order valence-electron chi connectivity index (χ3n) is 13.7. The van der Waals surface area contributed by atoms with E-state index >= 15 is 0 Å². The summed E-state index contributed by atoms with van der Waals surface area (Å²) in [7, 11) is 0. The molecule has 0 aromatic rings. The largest absolute Gasteiger partial charge is 0.462 e. The maximum absolute atomic E-state index is 12.9. The summed E-state index contributed by atoms with van der Waals surface area (Å²) in [4.78, 5) is 38.3. The van der Waals surface area contributed by atoms with Crippen LogP contribution in [0.2, 0.25) is 0 Å². The summed E-state index contributed by atoms with van der Waals surface area (Å²) >= 11 is 0. The Morgan fingerprint density at radius 1 is 0.269 bits per heavy atom. The van der Waals surface area contributed by atoms with Gasteiger partial charge in [0.15, 0.2) is 6.10 Å². The summed E-state index contributed by atoms with van der Waals surface area (Å²) in [5.41, 5.74) is 0. The fraction of sp³-hybridized carbons (Fsp3) is 0.681. The van der Waals surface area contributed by atoms with Gasteiger partial charge in [0, 0.05) is 19.3 Å². The molecular weight excluding hydrogens is 961 g/mol. The Morgan fingerprint density at radius 2 is 0.526 bits per heavy atom. The maximum atomic E-state index is 12.9. The summed E-state index contributed by atoms with van der Waals surface area (Å²) in [5, 5.41) is 0. The minimum Gasteiger partial charge on any atom is -0.462 e. The Bertz CT molecular complexity index is 1620. The fourth-order valence-corrected chi connectivity index (χ4v) is 8.85. The Balaban J connectivity index is 4.38. The smallest absolute Gasteiger partial charge is 0.306 e. The average Bonchev–Trinajstić information content (AvgIpc) is 3.44. The lowest BCUT2D eigenvalue weighted by atomic mass is 10.0. The van der Waals surface area contributed by atoms with E-state index in [1.54, 1.807) is 0 Å². The standard InChI is InChI=1S/C72H120O6/c1-4-7-10-13-16-19-22-25-27-29-31-32-33-34-35-36-37-38-39-40-41-43-44-47-50-53-56-59-62-65-71(74)77-68-69(67-76-70(73)64-61-58-55-52-49-46-24-21-18-15-12-9-6-3)78-72(75)66-63-60-57-54-51-48-45-42-30-28-26-23-20-17-14-11-8-5-2/h7,10,12,15-16,19,21,24-25,27,31-32,34-35,37-38,40-41,44,47,69H,4-6,8-9,11,13-14,17-18,20,22-23,26,28-30,33,36,39,42-43,45-46,48-68H2,1-3H3/b10-7-,15-12-,19-16-,24-21-,27-25-,32-31-,35-34-,38-37-,41-40-,47-44-. The minimum atomic E-state index is -0.797. The third-order valence-corrected chi connectivity index (χ3v) is 13.7. The zero-order valence-electron chi connectivity index (χ0n) is 50.9. The van der Waals surface area contributed by atoms with Gasteiger partial charge in [0.1, 0.15) is 13.2 Å². The summed E-state index contributed by atoms with van der Waals surface area (Å²) in [6.45, 7) is 6.45. The Hall–Kier alpha value is -4.19. The summed E-state index contributed by atoms with van der Waals surface area (Å²) in [6.07, 6.45) is 90.6. The van der Waals surface area contributed by atoms with Crippen LogP contribution in [-0.4, -0.2) is 37.2 Å². The molecule has 0 amide bonds. The molecule has 78 heavy (non-hydrogen) atoms. The molecule has 0 N–H and O–H groups in total. The van der Waals surface area contributed by atoms with E-state index in [2.05, 4.69) is 142 Å². The van der Waals surface area contributed by atoms with Crippen LogP contribution >= 0.6 is 0 Å². The van der Waals surface area contributed by atoms with Crippen LogP contribution in [-0.2, 0) is 28.6 Å². The van der Waals surface area contributed by atoms with E-state index in [4.69, 9.17) is 14.2 Å². The number of carbonyl (C=O) groups is 3. The fourth-order valence-electron chi connectivity index (χ4n) is 8.85. The number of unbranched alkanes of at least 4 members (excludes halogenated alkanes) is 27. The van der Waals surface area contributed by atoms with Crippen LogP contribution in [0.15, 0.2) is 122 Å². The van der Waals surface area contributed by atoms with Gasteiger partial charge in [0.25, 0.3) is 0 Å². The first kappa shape index (κ1) is 73.8. The topological polar surface area (TPSA) is 78.9 Å². The highest BCUT2D eigenvalue weighted by Crippen LogP contribution is 2.16. The van der Waals surface area contributed by atoms with Crippen molar-refractivity contribution in [2.24, 2.45) is 0 Å². The molecule has 0 bridgehead atoms. The van der Waals surface area contributed by atoms with Crippen molar-refractivity contribution < 1.29 is 28.6 Å². The average molecular weight is 1080 g/mol. The molecule has 0 rings (SSSR count). The second-order valence-corrected chi connectivity index (χ2v) is 21.3. The number of hydrogen-bond acceptors (Lipinski definition) is 6. The van der Waals surface area contributed by atoms with E-state index in [0.29, 0.717) is 19.3 Å². The number of allylic oxidation sites excluding steroid dienone is 20. The van der Waals surface area contributed by atoms with Crippen molar-refractivity contribution >= 4 is 17.9 Å². The lowest BCUT2D eigenvalue weighted by Crippen LogP contribution is -2.30. The highest BCUT2D eigenvalue weighted by molar-refractivity contribution is 5.71. The number of carbonyl (C=O) groups excluding carboxylic acids is 3. The van der Waals surface area contributed by atoms with Crippen molar-refractivity contribution in [1.82, 2.24) is 0 Å². The van der Waals surface area contributed by atoms with E-state index < -0.39 is 6.10 Å². The molecule has 0 aliphatic heterocycles. The van der Waals surface area contributed by atoms with Crippen LogP contribution in [0, 0.1) is 0 Å². The zero-order chi connectivity index (χ0) is 56.4. The molecule has 1 unspecified atom stereocenters. The molecule has 0 saturated carbocycles. The lowest BCUT2D eigenvalue weighted by molar-refractivity contribution is -0.167. The van der Waals surface area contributed by atoms with Gasteiger partial charge in [-0.25, -0.2) is 0 Å². The van der Waals surface area contributed by atoms with Crippen molar-refractivity contribution in [3.05, 3.63) is 122 Å². The summed E-state index contributed by atoms with van der Waals surface area (Å²) in [5.74, 6) is -0.925. The quantitative estimate of drug-likeness (QED) is 0.0261. The van der Waals surface area contributed by atoms with Gasteiger partial charge >= 0.3 is 17.9 Å². The molecule has 0 heterocycles. The first-order chi connectivity index (χ1) is 38.5. The molecule has 1 atom stereocenters. The molecule has 0 spiro atoms. The van der Waals surface area contributed by atoms with E-state index in [0.717, 1.165) is 154 Å². The second-order valence-electron chi connectivity index (χ2n) is 21.3. The van der Waals surface area contributed by atoms with Gasteiger partial charge in [-0.2, -0.15) is 0 Å². The maximum Gasteiger partial charge on any atom is 0.306 e. The van der Waals surface area contributed by atoms with Crippen LogP contribution in [0.4, 0.5) is 0 Å². The highest BCUT2D eigenvalue weighted by Gasteiger charge is 2.19. The first-order valence-corrected chi connectivity index (χ1v) is 32.5. The van der Waals surface area contributed by atoms with E-state index in [1.807, 2.05) is 0 Å². The van der Waals surface area contributed by atoms with Gasteiger partial charge < -0.3 is 14.2 Å². The molecule has 0 aliphatic rings. The van der Waals surface area contributed by atoms with Crippen molar-refractivity contribution in [1.29, 1.82) is 0 Å². The Morgan fingerprint density at radius 3 is 0.833 bits per heavy atom. The first-order valence-electron chi connectivity index (χ1n) is 32.5. The van der Waals surface area contributed by atoms with E-state index in [-0.39, 0.29) is 31.1 Å². The van der Waals surface area contributed by atoms with Gasteiger partial charge in [-0.1, -0.05) is 290 Å². The SMILES string of the molecule is CC/C=C\C/C=C\C/C=C\C/C=C\C/C=C\C/C=C\C/C=C\C/C=C\CCCCCCC(=O)OCC(COC(=O)CCCCCCC/C=C\C/C=C\CCC)OC(=O)CCCCCCCCCCCCCCCCCCCC. The van der Waals surface area contributed by atoms with Crippen molar-refractivity contribution in [2.45, 2.75) is 303 Å². The van der Waals surface area contributed by atoms with Crippen LogP contribution in [0.25, 0.3) is 0 Å². The predicted octanol–water partition coefficient (Wildman–Crippen LogP) is 22.4. The van der Waals surface area contributed by atoms with Gasteiger partial charge in [-0.3, -0.25) is 14.4 Å². The Labute approximate surface area is 482 Å². The van der Waals surface area contributed by atoms with Crippen molar-refractivity contribution in [3.8, 4) is 0 Å². The number of esters is 3. The molecule has 0 fully saturated rings. The molecule has 444 valence electrons. The van der Waals surface area contributed by atoms with E-state index in [9.17, 15) is 14.4 Å². The van der Waals surface area contributed by atoms with Crippen molar-refractivity contribution in [2.75, 3.05) is 13.2 Å². The molecule has 0 aromatic heterocycles. The van der Waals surface area contributed by atoms with E-state index in [1.165, 1.54) is 103 Å². The number of rotatable bonds is 58. The molecule has 6 nitrogen and oxygen atoms in total. The molecule has 0 radical (unpaired) electrons. The van der Waals surface area contributed by atoms with Gasteiger partial charge in [0.05, 0.1) is 0 Å². The molecular formula is C72H120O6. The van der Waals surface area contributed by atoms with Gasteiger partial charge in [-0.15, -0.1) is 0 Å². The Kier molecular flexibility index (Phi) is 61.8. The molecule has 0 aliphatic carbocycles. The van der Waals surface area contributed by atoms with Crippen LogP contribution in [0.1, 0.15) is 297 Å². The van der Waals surface area contributed by atoms with Crippen LogP contribution in [0.3, 0.4) is 0 Å². The number of ether oxygens (including phenoxy) is 3. The highest BCUT2D eigenvalue weighted by atomic mass is 16.6. The van der Waals surface area contributed by atoms with Gasteiger partial charge in [0.2, 0.25) is 0 Å². The van der Waals surface area contributed by atoms with Gasteiger partial charge in [-0.05, 0) is 109 Å². The molecule has 0 saturated heterocycles.